The summed E-state index contributed by atoms with van der Waals surface area (Å²) in [4.78, 5) is 1.26. The quantitative estimate of drug-likeness (QED) is 0.855. The summed E-state index contributed by atoms with van der Waals surface area (Å²) in [5, 5.41) is 17.2. The van der Waals surface area contributed by atoms with Gasteiger partial charge in [0.1, 0.15) is 0 Å². The molecule has 0 aliphatic heterocycles. The SMILES string of the molecule is CCNC(C)c1nnnn1Cc1cccs1. The Hall–Kier alpha value is -1.27. The number of aromatic nitrogens is 4. The number of nitrogens with one attached hydrogen (secondary N) is 1. The molecule has 2 aromatic rings. The van der Waals surface area contributed by atoms with Gasteiger partial charge in [-0.3, -0.25) is 0 Å². The van der Waals surface area contributed by atoms with E-state index >= 15 is 0 Å². The first-order valence-electron chi connectivity index (χ1n) is 5.33. The molecule has 16 heavy (non-hydrogen) atoms. The lowest BCUT2D eigenvalue weighted by molar-refractivity contribution is 0.518. The largest absolute Gasteiger partial charge is 0.308 e. The third kappa shape index (κ3) is 2.45. The maximum absolute atomic E-state index is 4.06. The van der Waals surface area contributed by atoms with Gasteiger partial charge in [0.05, 0.1) is 12.6 Å². The predicted molar refractivity (Wildman–Crippen MR) is 63.3 cm³/mol. The van der Waals surface area contributed by atoms with Crippen LogP contribution in [-0.4, -0.2) is 26.8 Å². The zero-order valence-electron chi connectivity index (χ0n) is 9.42. The van der Waals surface area contributed by atoms with Crippen LogP contribution in [0.4, 0.5) is 0 Å². The molecule has 2 aromatic heterocycles. The van der Waals surface area contributed by atoms with Crippen LogP contribution in [0.15, 0.2) is 17.5 Å². The second-order valence-corrected chi connectivity index (χ2v) is 4.59. The Balaban J connectivity index is 2.13. The zero-order chi connectivity index (χ0) is 11.4. The lowest BCUT2D eigenvalue weighted by Crippen LogP contribution is -2.22. The van der Waals surface area contributed by atoms with Crippen molar-refractivity contribution in [3.05, 3.63) is 28.2 Å². The van der Waals surface area contributed by atoms with Crippen LogP contribution in [0.25, 0.3) is 0 Å². The highest BCUT2D eigenvalue weighted by Gasteiger charge is 2.13. The number of tetrazole rings is 1. The summed E-state index contributed by atoms with van der Waals surface area (Å²) >= 11 is 1.72. The Morgan fingerprint density at radius 2 is 2.44 bits per heavy atom. The molecule has 0 saturated carbocycles. The van der Waals surface area contributed by atoms with E-state index in [1.165, 1.54) is 4.88 Å². The topological polar surface area (TPSA) is 55.6 Å². The average Bonchev–Trinajstić information content (AvgIpc) is 2.90. The first-order chi connectivity index (χ1) is 7.81. The van der Waals surface area contributed by atoms with E-state index in [2.05, 4.69) is 46.1 Å². The molecule has 86 valence electrons. The van der Waals surface area contributed by atoms with Crippen LogP contribution >= 0.6 is 11.3 Å². The summed E-state index contributed by atoms with van der Waals surface area (Å²) in [6.07, 6.45) is 0. The summed E-state index contributed by atoms with van der Waals surface area (Å²) in [5.41, 5.74) is 0. The van der Waals surface area contributed by atoms with Crippen LogP contribution in [-0.2, 0) is 6.54 Å². The molecule has 2 heterocycles. The molecule has 0 fully saturated rings. The Morgan fingerprint density at radius 3 is 3.12 bits per heavy atom. The van der Waals surface area contributed by atoms with E-state index in [0.717, 1.165) is 18.9 Å². The van der Waals surface area contributed by atoms with Gasteiger partial charge < -0.3 is 5.32 Å². The lowest BCUT2D eigenvalue weighted by atomic mass is 10.3. The highest BCUT2D eigenvalue weighted by Crippen LogP contribution is 2.13. The van der Waals surface area contributed by atoms with Gasteiger partial charge in [0.15, 0.2) is 5.82 Å². The zero-order valence-corrected chi connectivity index (χ0v) is 10.2. The van der Waals surface area contributed by atoms with Gasteiger partial charge in [0.2, 0.25) is 0 Å². The average molecular weight is 237 g/mol. The molecule has 0 spiro atoms. The van der Waals surface area contributed by atoms with Crippen molar-refractivity contribution in [3.8, 4) is 0 Å². The summed E-state index contributed by atoms with van der Waals surface area (Å²) in [7, 11) is 0. The minimum atomic E-state index is 0.181. The Kier molecular flexibility index (Phi) is 3.63. The number of nitrogens with zero attached hydrogens (tertiary/aromatic N) is 4. The van der Waals surface area contributed by atoms with Gasteiger partial charge in [-0.25, -0.2) is 4.68 Å². The summed E-state index contributed by atoms with van der Waals surface area (Å²) in [6, 6.07) is 4.31. The van der Waals surface area contributed by atoms with E-state index in [-0.39, 0.29) is 6.04 Å². The fourth-order valence-corrected chi connectivity index (χ4v) is 2.27. The van der Waals surface area contributed by atoms with E-state index in [1.807, 2.05) is 10.7 Å². The summed E-state index contributed by atoms with van der Waals surface area (Å²) in [5.74, 6) is 0.884. The molecule has 6 heteroatoms. The maximum atomic E-state index is 4.06. The Morgan fingerprint density at radius 1 is 1.56 bits per heavy atom. The molecule has 1 unspecified atom stereocenters. The summed E-state index contributed by atoms with van der Waals surface area (Å²) < 4.78 is 1.85. The Labute approximate surface area is 98.5 Å². The fourth-order valence-electron chi connectivity index (χ4n) is 1.58. The molecule has 0 amide bonds. The molecule has 1 N–H and O–H groups in total. The summed E-state index contributed by atoms with van der Waals surface area (Å²) in [6.45, 7) is 5.80. The third-order valence-corrected chi connectivity index (χ3v) is 3.20. The van der Waals surface area contributed by atoms with Crippen molar-refractivity contribution in [1.29, 1.82) is 0 Å². The number of hydrogen-bond donors (Lipinski definition) is 1. The molecule has 1 atom stereocenters. The standard InChI is InChI=1S/C10H15N5S/c1-3-11-8(2)10-12-13-14-15(10)7-9-5-4-6-16-9/h4-6,8,11H,3,7H2,1-2H3. The van der Waals surface area contributed by atoms with Gasteiger partial charge >= 0.3 is 0 Å². The highest BCUT2D eigenvalue weighted by atomic mass is 32.1. The van der Waals surface area contributed by atoms with Crippen molar-refractivity contribution in [1.82, 2.24) is 25.5 Å². The van der Waals surface area contributed by atoms with Crippen LogP contribution in [0.5, 0.6) is 0 Å². The predicted octanol–water partition coefficient (Wildman–Crippen LogP) is 1.45. The minimum Gasteiger partial charge on any atom is -0.308 e. The van der Waals surface area contributed by atoms with Crippen LogP contribution in [0.2, 0.25) is 0 Å². The molecule has 5 nitrogen and oxygen atoms in total. The number of thiophene rings is 1. The van der Waals surface area contributed by atoms with Crippen LogP contribution < -0.4 is 5.32 Å². The molecule has 2 rings (SSSR count). The van der Waals surface area contributed by atoms with Gasteiger partial charge in [0.25, 0.3) is 0 Å². The lowest BCUT2D eigenvalue weighted by Gasteiger charge is -2.11. The van der Waals surface area contributed by atoms with E-state index in [9.17, 15) is 0 Å². The molecule has 0 aliphatic rings. The van der Waals surface area contributed by atoms with Crippen LogP contribution in [0.1, 0.15) is 30.6 Å². The van der Waals surface area contributed by atoms with E-state index in [4.69, 9.17) is 0 Å². The fraction of sp³-hybridized carbons (Fsp3) is 0.500. The molecule has 0 radical (unpaired) electrons. The molecular weight excluding hydrogens is 222 g/mol. The second kappa shape index (κ2) is 5.18. The monoisotopic (exact) mass is 237 g/mol. The minimum absolute atomic E-state index is 0.181. The molecule has 0 aromatic carbocycles. The van der Waals surface area contributed by atoms with Gasteiger partial charge in [-0.1, -0.05) is 13.0 Å². The van der Waals surface area contributed by atoms with Crippen molar-refractivity contribution < 1.29 is 0 Å². The van der Waals surface area contributed by atoms with Gasteiger partial charge in [-0.15, -0.1) is 16.4 Å². The van der Waals surface area contributed by atoms with Crippen LogP contribution in [0.3, 0.4) is 0 Å². The van der Waals surface area contributed by atoms with Crippen LogP contribution in [0, 0.1) is 0 Å². The second-order valence-electron chi connectivity index (χ2n) is 3.55. The highest BCUT2D eigenvalue weighted by molar-refractivity contribution is 7.09. The van der Waals surface area contributed by atoms with Crippen molar-refractivity contribution in [2.24, 2.45) is 0 Å². The van der Waals surface area contributed by atoms with Crippen molar-refractivity contribution >= 4 is 11.3 Å². The van der Waals surface area contributed by atoms with Gasteiger partial charge in [-0.2, -0.15) is 0 Å². The maximum Gasteiger partial charge on any atom is 0.168 e. The molecule has 0 aliphatic carbocycles. The molecule has 0 bridgehead atoms. The van der Waals surface area contributed by atoms with Crippen molar-refractivity contribution in [2.75, 3.05) is 6.54 Å². The van der Waals surface area contributed by atoms with Crippen molar-refractivity contribution in [2.45, 2.75) is 26.4 Å². The first-order valence-corrected chi connectivity index (χ1v) is 6.21. The molecule has 0 saturated heterocycles. The van der Waals surface area contributed by atoms with Gasteiger partial charge in [-0.05, 0) is 35.3 Å². The number of rotatable bonds is 5. The number of hydrogen-bond acceptors (Lipinski definition) is 5. The van der Waals surface area contributed by atoms with Crippen molar-refractivity contribution in [3.63, 3.8) is 0 Å². The molecular formula is C10H15N5S. The first kappa shape index (κ1) is 11.2. The van der Waals surface area contributed by atoms with E-state index < -0.39 is 0 Å². The Bertz CT molecular complexity index is 422. The third-order valence-electron chi connectivity index (χ3n) is 2.34. The van der Waals surface area contributed by atoms with E-state index in [0.29, 0.717) is 0 Å². The van der Waals surface area contributed by atoms with E-state index in [1.54, 1.807) is 11.3 Å². The smallest absolute Gasteiger partial charge is 0.168 e. The van der Waals surface area contributed by atoms with Gasteiger partial charge in [0, 0.05) is 4.88 Å². The normalized spacial score (nSPS) is 12.9.